The molecular formula is C28H27N3O5. The van der Waals surface area contributed by atoms with Gasteiger partial charge >= 0.3 is 0 Å². The molecule has 8 nitrogen and oxygen atoms in total. The van der Waals surface area contributed by atoms with Gasteiger partial charge in [0.2, 0.25) is 11.7 Å². The Kier molecular flexibility index (Phi) is 6.45. The number of fused-ring (bicyclic) bond motifs is 1. The first-order valence-corrected chi connectivity index (χ1v) is 11.8. The molecule has 1 aliphatic rings. The molecule has 0 saturated carbocycles. The predicted octanol–water partition coefficient (Wildman–Crippen LogP) is 4.62. The van der Waals surface area contributed by atoms with Crippen molar-refractivity contribution in [3.63, 3.8) is 0 Å². The zero-order valence-electron chi connectivity index (χ0n) is 20.0. The van der Waals surface area contributed by atoms with E-state index in [1.54, 1.807) is 42.5 Å². The Morgan fingerprint density at radius 1 is 1.08 bits per heavy atom. The third-order valence-electron chi connectivity index (χ3n) is 6.26. The molecular weight excluding hydrogens is 458 g/mol. The number of rotatable bonds is 7. The van der Waals surface area contributed by atoms with E-state index in [-0.39, 0.29) is 29.2 Å². The van der Waals surface area contributed by atoms with E-state index in [1.165, 1.54) is 0 Å². The number of phenols is 1. The average Bonchev–Trinajstić information content (AvgIpc) is 3.50. The van der Waals surface area contributed by atoms with E-state index in [0.29, 0.717) is 46.6 Å². The van der Waals surface area contributed by atoms with Crippen molar-refractivity contribution in [1.29, 1.82) is 0 Å². The number of carbonyl (C=O) groups is 2. The fourth-order valence-electron chi connectivity index (χ4n) is 4.42. The van der Waals surface area contributed by atoms with Gasteiger partial charge in [-0.1, -0.05) is 24.3 Å². The molecule has 184 valence electrons. The largest absolute Gasteiger partial charge is 0.508 e. The third-order valence-corrected chi connectivity index (χ3v) is 6.26. The molecule has 1 saturated heterocycles. The molecule has 0 radical (unpaired) electrons. The number of ether oxygens (including phenoxy) is 1. The minimum absolute atomic E-state index is 0.0624. The molecule has 0 bridgehead atoms. The van der Waals surface area contributed by atoms with Crippen LogP contribution in [0.5, 0.6) is 11.5 Å². The molecule has 8 heteroatoms. The van der Waals surface area contributed by atoms with Gasteiger partial charge in [0.15, 0.2) is 5.76 Å². The van der Waals surface area contributed by atoms with E-state index in [9.17, 15) is 14.7 Å². The molecule has 1 aromatic heterocycles. The first kappa shape index (κ1) is 23.6. The zero-order chi connectivity index (χ0) is 25.2. The van der Waals surface area contributed by atoms with Crippen molar-refractivity contribution in [2.45, 2.75) is 32.4 Å². The van der Waals surface area contributed by atoms with Crippen molar-refractivity contribution in [1.82, 2.24) is 10.9 Å². The van der Waals surface area contributed by atoms with Gasteiger partial charge < -0.3 is 19.6 Å². The van der Waals surface area contributed by atoms with Gasteiger partial charge in [-0.15, -0.1) is 0 Å². The number of benzene rings is 3. The number of hydrogen-bond acceptors (Lipinski definition) is 7. The SMILES string of the molecule is CCOc1ccc(C(=O)c2oc3ccccc3c2NC(=O)C2CC(c3ccc(C)cc3O)NN2)cc1. The molecule has 1 fully saturated rings. The number of aryl methyl sites for hydroxylation is 1. The number of anilines is 1. The molecule has 2 atom stereocenters. The van der Waals surface area contributed by atoms with Gasteiger partial charge in [0.1, 0.15) is 23.1 Å². The van der Waals surface area contributed by atoms with Crippen molar-refractivity contribution in [2.24, 2.45) is 0 Å². The summed E-state index contributed by atoms with van der Waals surface area (Å²) < 4.78 is 11.4. The quantitative estimate of drug-likeness (QED) is 0.283. The summed E-state index contributed by atoms with van der Waals surface area (Å²) in [5.41, 5.74) is 9.01. The number of amides is 1. The van der Waals surface area contributed by atoms with Gasteiger partial charge in [-0.2, -0.15) is 0 Å². The zero-order valence-corrected chi connectivity index (χ0v) is 20.0. The summed E-state index contributed by atoms with van der Waals surface area (Å²) in [5.74, 6) is 0.251. The second-order valence-electron chi connectivity index (χ2n) is 8.77. The first-order chi connectivity index (χ1) is 17.4. The van der Waals surface area contributed by atoms with Crippen LogP contribution in [-0.4, -0.2) is 29.4 Å². The van der Waals surface area contributed by atoms with E-state index < -0.39 is 6.04 Å². The number of hydrogen-bond donors (Lipinski definition) is 4. The highest BCUT2D eigenvalue weighted by Gasteiger charge is 2.33. The molecule has 4 aromatic rings. The van der Waals surface area contributed by atoms with Crippen molar-refractivity contribution < 1.29 is 23.8 Å². The number of hydrazine groups is 1. The number of furan rings is 1. The minimum Gasteiger partial charge on any atom is -0.508 e. The molecule has 3 aromatic carbocycles. The Balaban J connectivity index is 1.39. The van der Waals surface area contributed by atoms with Gasteiger partial charge in [-0.25, -0.2) is 10.9 Å². The van der Waals surface area contributed by atoms with Crippen LogP contribution in [0.25, 0.3) is 11.0 Å². The second-order valence-corrected chi connectivity index (χ2v) is 8.77. The minimum atomic E-state index is -0.585. The standard InChI is InChI=1S/C28H27N3O5/c1-3-35-18-11-9-17(10-12-18)26(33)27-25(20-6-4-5-7-24(20)36-27)29-28(34)22-15-21(30-31-22)19-13-8-16(2)14-23(19)32/h4-14,21-22,30-32H,3,15H2,1-2H3,(H,29,34). The Hall–Kier alpha value is -4.14. The second kappa shape index (κ2) is 9.85. The summed E-state index contributed by atoms with van der Waals surface area (Å²) in [6, 6.07) is 18.6. The van der Waals surface area contributed by atoms with Crippen LogP contribution < -0.4 is 20.9 Å². The van der Waals surface area contributed by atoms with Crippen LogP contribution in [0.3, 0.4) is 0 Å². The van der Waals surface area contributed by atoms with E-state index in [1.807, 2.05) is 38.1 Å². The van der Waals surface area contributed by atoms with E-state index in [0.717, 1.165) is 5.56 Å². The number of para-hydroxylation sites is 1. The van der Waals surface area contributed by atoms with Crippen molar-refractivity contribution in [2.75, 3.05) is 11.9 Å². The molecule has 1 aliphatic heterocycles. The molecule has 0 aliphatic carbocycles. The topological polar surface area (TPSA) is 113 Å². The summed E-state index contributed by atoms with van der Waals surface area (Å²) in [6.07, 6.45) is 0.417. The van der Waals surface area contributed by atoms with Gasteiger partial charge in [-0.05, 0) is 68.3 Å². The Labute approximate surface area is 208 Å². The lowest BCUT2D eigenvalue weighted by atomic mass is 9.99. The smallest absolute Gasteiger partial charge is 0.243 e. The van der Waals surface area contributed by atoms with Gasteiger partial charge in [0.25, 0.3) is 0 Å². The van der Waals surface area contributed by atoms with Crippen LogP contribution in [0.1, 0.15) is 46.6 Å². The van der Waals surface area contributed by atoms with Crippen molar-refractivity contribution in [3.8, 4) is 11.5 Å². The normalized spacial score (nSPS) is 17.3. The maximum absolute atomic E-state index is 13.4. The van der Waals surface area contributed by atoms with Crippen molar-refractivity contribution >= 4 is 28.3 Å². The summed E-state index contributed by atoms with van der Waals surface area (Å²) >= 11 is 0. The maximum Gasteiger partial charge on any atom is 0.243 e. The van der Waals surface area contributed by atoms with E-state index in [4.69, 9.17) is 9.15 Å². The lowest BCUT2D eigenvalue weighted by Gasteiger charge is -2.12. The van der Waals surface area contributed by atoms with E-state index in [2.05, 4.69) is 16.2 Å². The number of carbonyl (C=O) groups excluding carboxylic acids is 2. The predicted molar refractivity (Wildman–Crippen MR) is 136 cm³/mol. The number of aromatic hydroxyl groups is 1. The molecule has 0 spiro atoms. The van der Waals surface area contributed by atoms with Crippen LogP contribution in [-0.2, 0) is 4.79 Å². The highest BCUT2D eigenvalue weighted by molar-refractivity contribution is 6.17. The summed E-state index contributed by atoms with van der Waals surface area (Å²) in [5, 5.41) is 13.9. The van der Waals surface area contributed by atoms with Crippen LogP contribution in [0.2, 0.25) is 0 Å². The molecule has 4 N–H and O–H groups in total. The van der Waals surface area contributed by atoms with Gasteiger partial charge in [0.05, 0.1) is 18.3 Å². The highest BCUT2D eigenvalue weighted by atomic mass is 16.5. The maximum atomic E-state index is 13.4. The number of nitrogens with one attached hydrogen (secondary N) is 3. The fourth-order valence-corrected chi connectivity index (χ4v) is 4.42. The fraction of sp³-hybridized carbons (Fsp3) is 0.214. The molecule has 36 heavy (non-hydrogen) atoms. The molecule has 5 rings (SSSR count). The van der Waals surface area contributed by atoms with Crippen LogP contribution in [0.4, 0.5) is 5.69 Å². The molecule has 2 heterocycles. The number of phenolic OH excluding ortho intramolecular Hbond substituents is 1. The van der Waals surface area contributed by atoms with E-state index >= 15 is 0 Å². The highest BCUT2D eigenvalue weighted by Crippen LogP contribution is 2.34. The first-order valence-electron chi connectivity index (χ1n) is 11.8. The summed E-state index contributed by atoms with van der Waals surface area (Å²) in [4.78, 5) is 26.6. The third kappa shape index (κ3) is 4.56. The summed E-state index contributed by atoms with van der Waals surface area (Å²) in [7, 11) is 0. The summed E-state index contributed by atoms with van der Waals surface area (Å²) in [6.45, 7) is 4.33. The van der Waals surface area contributed by atoms with Crippen molar-refractivity contribution in [3.05, 3.63) is 89.2 Å². The molecule has 1 amide bonds. The van der Waals surface area contributed by atoms with Crippen LogP contribution in [0, 0.1) is 6.92 Å². The van der Waals surface area contributed by atoms with Gasteiger partial charge in [0, 0.05) is 16.5 Å². The Morgan fingerprint density at radius 2 is 1.86 bits per heavy atom. The lowest BCUT2D eigenvalue weighted by Crippen LogP contribution is -2.39. The van der Waals surface area contributed by atoms with Gasteiger partial charge in [-0.3, -0.25) is 9.59 Å². The molecule has 2 unspecified atom stereocenters. The Morgan fingerprint density at radius 3 is 2.61 bits per heavy atom. The van der Waals surface area contributed by atoms with Crippen LogP contribution >= 0.6 is 0 Å². The lowest BCUT2D eigenvalue weighted by molar-refractivity contribution is -0.117. The van der Waals surface area contributed by atoms with Crippen LogP contribution in [0.15, 0.2) is 71.1 Å². The average molecular weight is 486 g/mol. The monoisotopic (exact) mass is 485 g/mol. The number of ketones is 1. The Bertz CT molecular complexity index is 1430.